The fraction of sp³-hybridized carbons (Fsp3) is 0.636. The van der Waals surface area contributed by atoms with Gasteiger partial charge in [-0.05, 0) is 7.05 Å². The van der Waals surface area contributed by atoms with E-state index in [-0.39, 0.29) is 6.01 Å². The van der Waals surface area contributed by atoms with Crippen molar-refractivity contribution in [2.24, 2.45) is 0 Å². The quantitative estimate of drug-likeness (QED) is 0.797. The highest BCUT2D eigenvalue weighted by atomic mass is 35.5. The monoisotopic (exact) mass is 271 g/mol. The van der Waals surface area contributed by atoms with Crippen molar-refractivity contribution in [3.05, 3.63) is 11.2 Å². The Bertz CT molecular complexity index is 375. The Morgan fingerprint density at radius 1 is 1.33 bits per heavy atom. The third kappa shape index (κ3) is 3.97. The van der Waals surface area contributed by atoms with E-state index in [2.05, 4.69) is 26.8 Å². The summed E-state index contributed by atoms with van der Waals surface area (Å²) in [5.41, 5.74) is 5.56. The molecule has 18 heavy (non-hydrogen) atoms. The Kier molecular flexibility index (Phi) is 4.57. The van der Waals surface area contributed by atoms with Crippen LogP contribution in [0.15, 0.2) is 6.07 Å². The number of likely N-dealkylation sites (N-methyl/N-ethyl adjacent to an activating group) is 1. The van der Waals surface area contributed by atoms with E-state index in [0.717, 1.165) is 32.7 Å². The number of hydrogen-bond donors (Lipinski definition) is 1. The van der Waals surface area contributed by atoms with Crippen LogP contribution >= 0.6 is 11.6 Å². The highest BCUT2D eigenvalue weighted by Gasteiger charge is 2.13. The molecule has 1 aliphatic heterocycles. The Balaban J connectivity index is 1.74. The van der Waals surface area contributed by atoms with Crippen molar-refractivity contribution in [3.63, 3.8) is 0 Å². The number of nitrogens with two attached hydrogens (primary N) is 1. The van der Waals surface area contributed by atoms with Crippen LogP contribution in [0.2, 0.25) is 5.15 Å². The van der Waals surface area contributed by atoms with Gasteiger partial charge in [0.1, 0.15) is 17.6 Å². The number of ether oxygens (including phenoxy) is 1. The minimum Gasteiger partial charge on any atom is -0.462 e. The molecule has 0 atom stereocenters. The number of anilines is 1. The smallest absolute Gasteiger partial charge is 0.319 e. The molecule has 0 aliphatic carbocycles. The highest BCUT2D eigenvalue weighted by Crippen LogP contribution is 2.13. The molecule has 0 unspecified atom stereocenters. The molecular weight excluding hydrogens is 254 g/mol. The second kappa shape index (κ2) is 6.17. The maximum atomic E-state index is 5.77. The summed E-state index contributed by atoms with van der Waals surface area (Å²) in [5, 5.41) is 0.303. The summed E-state index contributed by atoms with van der Waals surface area (Å²) in [6.45, 7) is 5.74. The van der Waals surface area contributed by atoms with Crippen molar-refractivity contribution >= 4 is 17.4 Å². The summed E-state index contributed by atoms with van der Waals surface area (Å²) in [7, 11) is 2.14. The zero-order valence-electron chi connectivity index (χ0n) is 10.5. The summed E-state index contributed by atoms with van der Waals surface area (Å²) in [5.74, 6) is 0.324. The minimum atomic E-state index is 0.245. The van der Waals surface area contributed by atoms with Crippen LogP contribution in [0.5, 0.6) is 6.01 Å². The average Bonchev–Trinajstić information content (AvgIpc) is 2.30. The first kappa shape index (κ1) is 13.3. The van der Waals surface area contributed by atoms with E-state index in [1.807, 2.05) is 0 Å². The standard InChI is InChI=1S/C11H18ClN5O/c1-16-2-4-17(5-3-16)6-7-18-11-14-9(12)8-10(13)15-11/h8H,2-7H2,1H3,(H2,13,14,15). The zero-order valence-corrected chi connectivity index (χ0v) is 11.2. The minimum absolute atomic E-state index is 0.245. The van der Waals surface area contributed by atoms with Crippen LogP contribution in [0, 0.1) is 0 Å². The van der Waals surface area contributed by atoms with Crippen molar-refractivity contribution in [2.75, 3.05) is 52.1 Å². The number of piperazine rings is 1. The van der Waals surface area contributed by atoms with E-state index in [4.69, 9.17) is 22.1 Å². The largest absolute Gasteiger partial charge is 0.462 e. The zero-order chi connectivity index (χ0) is 13.0. The summed E-state index contributed by atoms with van der Waals surface area (Å²) in [4.78, 5) is 12.6. The lowest BCUT2D eigenvalue weighted by Gasteiger charge is -2.31. The lowest BCUT2D eigenvalue weighted by Crippen LogP contribution is -2.45. The molecule has 1 aromatic heterocycles. The molecule has 6 nitrogen and oxygen atoms in total. The Morgan fingerprint density at radius 2 is 2.06 bits per heavy atom. The Hall–Kier alpha value is -1.11. The molecule has 2 rings (SSSR count). The number of hydrogen-bond acceptors (Lipinski definition) is 6. The Morgan fingerprint density at radius 3 is 2.72 bits per heavy atom. The van der Waals surface area contributed by atoms with Gasteiger partial charge in [-0.3, -0.25) is 4.90 Å². The molecule has 100 valence electrons. The van der Waals surface area contributed by atoms with Gasteiger partial charge in [0.25, 0.3) is 0 Å². The Labute approximate surface area is 112 Å². The molecule has 0 radical (unpaired) electrons. The van der Waals surface area contributed by atoms with Crippen molar-refractivity contribution in [2.45, 2.75) is 0 Å². The van der Waals surface area contributed by atoms with E-state index in [1.165, 1.54) is 6.07 Å². The summed E-state index contributed by atoms with van der Waals surface area (Å²) in [6, 6.07) is 1.74. The van der Waals surface area contributed by atoms with Crippen molar-refractivity contribution in [1.29, 1.82) is 0 Å². The normalized spacial score (nSPS) is 17.9. The molecule has 1 aliphatic rings. The third-order valence-electron chi connectivity index (χ3n) is 2.93. The lowest BCUT2D eigenvalue weighted by molar-refractivity contribution is 0.131. The first-order chi connectivity index (χ1) is 8.63. The summed E-state index contributed by atoms with van der Waals surface area (Å²) < 4.78 is 5.46. The van der Waals surface area contributed by atoms with Gasteiger partial charge in [0.2, 0.25) is 0 Å². The maximum absolute atomic E-state index is 5.77. The van der Waals surface area contributed by atoms with E-state index in [9.17, 15) is 0 Å². The average molecular weight is 272 g/mol. The molecule has 0 spiro atoms. The molecule has 0 bridgehead atoms. The van der Waals surface area contributed by atoms with Gasteiger partial charge in [-0.25, -0.2) is 0 Å². The number of nitrogens with zero attached hydrogens (tertiary/aromatic N) is 4. The van der Waals surface area contributed by atoms with Gasteiger partial charge in [-0.2, -0.15) is 9.97 Å². The van der Waals surface area contributed by atoms with Crippen LogP contribution in [0.1, 0.15) is 0 Å². The molecule has 1 fully saturated rings. The maximum Gasteiger partial charge on any atom is 0.319 e. The summed E-state index contributed by atoms with van der Waals surface area (Å²) >= 11 is 5.77. The number of nitrogen functional groups attached to an aromatic ring is 1. The topological polar surface area (TPSA) is 67.5 Å². The van der Waals surface area contributed by atoms with Crippen LogP contribution in [-0.2, 0) is 0 Å². The first-order valence-corrected chi connectivity index (χ1v) is 6.35. The van der Waals surface area contributed by atoms with Crippen molar-refractivity contribution in [1.82, 2.24) is 19.8 Å². The molecule has 1 aromatic rings. The fourth-order valence-corrected chi connectivity index (χ4v) is 2.00. The van der Waals surface area contributed by atoms with Gasteiger partial charge in [0, 0.05) is 38.8 Å². The van der Waals surface area contributed by atoms with Gasteiger partial charge in [-0.15, -0.1) is 0 Å². The van der Waals surface area contributed by atoms with Gasteiger partial charge >= 0.3 is 6.01 Å². The van der Waals surface area contributed by atoms with Crippen LogP contribution < -0.4 is 10.5 Å². The molecule has 2 heterocycles. The summed E-state index contributed by atoms with van der Waals surface area (Å²) in [6.07, 6.45) is 0. The highest BCUT2D eigenvalue weighted by molar-refractivity contribution is 6.29. The fourth-order valence-electron chi connectivity index (χ4n) is 1.82. The second-order valence-corrected chi connectivity index (χ2v) is 4.78. The molecule has 7 heteroatoms. The van der Waals surface area contributed by atoms with E-state index in [0.29, 0.717) is 17.6 Å². The van der Waals surface area contributed by atoms with Crippen LogP contribution in [0.3, 0.4) is 0 Å². The SMILES string of the molecule is CN1CCN(CCOc2nc(N)cc(Cl)n2)CC1. The van der Waals surface area contributed by atoms with E-state index in [1.54, 1.807) is 0 Å². The number of rotatable bonds is 4. The molecule has 0 aromatic carbocycles. The second-order valence-electron chi connectivity index (χ2n) is 4.39. The van der Waals surface area contributed by atoms with E-state index < -0.39 is 0 Å². The predicted molar refractivity (Wildman–Crippen MR) is 70.9 cm³/mol. The van der Waals surface area contributed by atoms with Crippen LogP contribution in [0.4, 0.5) is 5.82 Å². The first-order valence-electron chi connectivity index (χ1n) is 5.97. The van der Waals surface area contributed by atoms with Gasteiger partial charge in [0.15, 0.2) is 0 Å². The van der Waals surface area contributed by atoms with E-state index >= 15 is 0 Å². The van der Waals surface area contributed by atoms with Gasteiger partial charge in [0.05, 0.1) is 0 Å². The van der Waals surface area contributed by atoms with Gasteiger partial charge in [-0.1, -0.05) is 11.6 Å². The van der Waals surface area contributed by atoms with Crippen LogP contribution in [-0.4, -0.2) is 66.1 Å². The third-order valence-corrected chi connectivity index (χ3v) is 3.12. The van der Waals surface area contributed by atoms with Crippen molar-refractivity contribution in [3.8, 4) is 6.01 Å². The number of aromatic nitrogens is 2. The number of halogens is 1. The molecule has 2 N–H and O–H groups in total. The van der Waals surface area contributed by atoms with Gasteiger partial charge < -0.3 is 15.4 Å². The molecule has 1 saturated heterocycles. The molecule has 0 saturated carbocycles. The molecule has 0 amide bonds. The van der Waals surface area contributed by atoms with Crippen LogP contribution in [0.25, 0.3) is 0 Å². The predicted octanol–water partition coefficient (Wildman–Crippen LogP) is 0.338. The lowest BCUT2D eigenvalue weighted by atomic mass is 10.3. The van der Waals surface area contributed by atoms with Crippen molar-refractivity contribution < 1.29 is 4.74 Å². The molecular formula is C11H18ClN5O.